The first kappa shape index (κ1) is 20.4. The van der Waals surface area contributed by atoms with Crippen LogP contribution in [0.25, 0.3) is 6.08 Å². The molecule has 0 unspecified atom stereocenters. The van der Waals surface area contributed by atoms with Crippen molar-refractivity contribution in [1.29, 1.82) is 5.26 Å². The van der Waals surface area contributed by atoms with E-state index in [9.17, 15) is 4.79 Å². The molecule has 0 radical (unpaired) electrons. The SMILES string of the molecule is COc1cc(/C=C/C(=O)OCCSc2ccc(C)cc2)ccc1OCC#N. The van der Waals surface area contributed by atoms with E-state index in [1.54, 1.807) is 36.0 Å². The van der Waals surface area contributed by atoms with Gasteiger partial charge in [0.1, 0.15) is 12.7 Å². The number of hydrogen-bond donors (Lipinski definition) is 0. The highest BCUT2D eigenvalue weighted by atomic mass is 32.2. The number of nitrogens with zero attached hydrogens (tertiary/aromatic N) is 1. The highest BCUT2D eigenvalue weighted by molar-refractivity contribution is 7.99. The molecule has 0 bridgehead atoms. The van der Waals surface area contributed by atoms with Gasteiger partial charge in [0.15, 0.2) is 18.1 Å². The molecule has 0 aromatic heterocycles. The Labute approximate surface area is 163 Å². The minimum Gasteiger partial charge on any atom is -0.493 e. The van der Waals surface area contributed by atoms with E-state index in [0.29, 0.717) is 23.9 Å². The van der Waals surface area contributed by atoms with E-state index in [2.05, 4.69) is 24.3 Å². The highest BCUT2D eigenvalue weighted by Gasteiger charge is 2.05. The van der Waals surface area contributed by atoms with Crippen LogP contribution in [0, 0.1) is 18.3 Å². The van der Waals surface area contributed by atoms with E-state index in [1.165, 1.54) is 18.7 Å². The van der Waals surface area contributed by atoms with E-state index in [4.69, 9.17) is 19.5 Å². The van der Waals surface area contributed by atoms with Gasteiger partial charge in [-0.25, -0.2) is 4.79 Å². The van der Waals surface area contributed by atoms with Crippen LogP contribution >= 0.6 is 11.8 Å². The van der Waals surface area contributed by atoms with Crippen molar-refractivity contribution >= 4 is 23.8 Å². The second kappa shape index (κ2) is 10.9. The summed E-state index contributed by atoms with van der Waals surface area (Å²) in [6, 6.07) is 15.3. The van der Waals surface area contributed by atoms with Crippen LogP contribution in [0.15, 0.2) is 53.4 Å². The Bertz CT molecular complexity index is 825. The van der Waals surface area contributed by atoms with Crippen molar-refractivity contribution in [2.24, 2.45) is 0 Å². The number of ether oxygens (including phenoxy) is 3. The smallest absolute Gasteiger partial charge is 0.330 e. The first-order valence-corrected chi connectivity index (χ1v) is 9.33. The van der Waals surface area contributed by atoms with E-state index >= 15 is 0 Å². The molecule has 27 heavy (non-hydrogen) atoms. The largest absolute Gasteiger partial charge is 0.493 e. The average molecular weight is 383 g/mol. The molecular formula is C21H21NO4S. The molecule has 0 aliphatic carbocycles. The van der Waals surface area contributed by atoms with Crippen LogP contribution in [0.3, 0.4) is 0 Å². The van der Waals surface area contributed by atoms with Crippen LogP contribution in [-0.4, -0.2) is 32.0 Å². The van der Waals surface area contributed by atoms with Gasteiger partial charge in [-0.2, -0.15) is 5.26 Å². The minimum absolute atomic E-state index is 0.0571. The lowest BCUT2D eigenvalue weighted by molar-refractivity contribution is -0.137. The summed E-state index contributed by atoms with van der Waals surface area (Å²) in [5.41, 5.74) is 1.99. The van der Waals surface area contributed by atoms with Crippen molar-refractivity contribution in [3.8, 4) is 17.6 Å². The number of carbonyl (C=O) groups excluding carboxylic acids is 1. The number of methoxy groups -OCH3 is 1. The molecule has 0 saturated heterocycles. The predicted molar refractivity (Wildman–Crippen MR) is 106 cm³/mol. The Morgan fingerprint density at radius 1 is 1.19 bits per heavy atom. The van der Waals surface area contributed by atoms with Gasteiger partial charge in [0, 0.05) is 16.7 Å². The maximum absolute atomic E-state index is 11.8. The van der Waals surface area contributed by atoms with E-state index in [-0.39, 0.29) is 6.61 Å². The Morgan fingerprint density at radius 2 is 1.96 bits per heavy atom. The molecule has 0 N–H and O–H groups in total. The quantitative estimate of drug-likeness (QED) is 0.279. The zero-order chi connectivity index (χ0) is 19.5. The van der Waals surface area contributed by atoms with E-state index in [1.807, 2.05) is 13.0 Å². The van der Waals surface area contributed by atoms with E-state index < -0.39 is 5.97 Å². The molecule has 0 saturated carbocycles. The van der Waals surface area contributed by atoms with Gasteiger partial charge < -0.3 is 14.2 Å². The molecule has 2 aromatic rings. The van der Waals surface area contributed by atoms with Crippen molar-refractivity contribution in [3.63, 3.8) is 0 Å². The normalized spacial score (nSPS) is 10.4. The fourth-order valence-corrected chi connectivity index (χ4v) is 2.90. The van der Waals surface area contributed by atoms with Crippen LogP contribution in [-0.2, 0) is 9.53 Å². The minimum atomic E-state index is -0.400. The van der Waals surface area contributed by atoms with Crippen molar-refractivity contribution in [2.75, 3.05) is 26.1 Å². The molecule has 0 heterocycles. The Balaban J connectivity index is 1.80. The molecule has 0 atom stereocenters. The number of hydrogen-bond acceptors (Lipinski definition) is 6. The van der Waals surface area contributed by atoms with Gasteiger partial charge >= 0.3 is 5.97 Å². The summed E-state index contributed by atoms with van der Waals surface area (Å²) < 4.78 is 15.7. The van der Waals surface area contributed by atoms with Crippen molar-refractivity contribution < 1.29 is 19.0 Å². The standard InChI is InChI=1S/C21H21NO4S/c1-16-3-7-18(8-4-16)27-14-13-26-21(23)10-6-17-5-9-19(25-12-11-22)20(15-17)24-2/h3-10,15H,12-14H2,1-2H3/b10-6+. The van der Waals surface area contributed by atoms with Crippen molar-refractivity contribution in [2.45, 2.75) is 11.8 Å². The van der Waals surface area contributed by atoms with Crippen LogP contribution in [0.1, 0.15) is 11.1 Å². The molecule has 0 spiro atoms. The molecule has 0 amide bonds. The topological polar surface area (TPSA) is 68.6 Å². The van der Waals surface area contributed by atoms with Gasteiger partial charge in [0.25, 0.3) is 0 Å². The maximum atomic E-state index is 11.8. The first-order valence-electron chi connectivity index (χ1n) is 8.34. The summed E-state index contributed by atoms with van der Waals surface area (Å²) in [5, 5.41) is 8.58. The third kappa shape index (κ3) is 7.08. The molecule has 0 fully saturated rings. The lowest BCUT2D eigenvalue weighted by Crippen LogP contribution is -2.04. The number of nitriles is 1. The number of thioether (sulfide) groups is 1. The predicted octanol–water partition coefficient (Wildman–Crippen LogP) is 4.25. The molecule has 6 heteroatoms. The number of rotatable bonds is 9. The van der Waals surface area contributed by atoms with Crippen LogP contribution < -0.4 is 9.47 Å². The summed E-state index contributed by atoms with van der Waals surface area (Å²) in [6.07, 6.45) is 3.02. The fraction of sp³-hybridized carbons (Fsp3) is 0.238. The second-order valence-corrected chi connectivity index (χ2v) is 6.69. The van der Waals surface area contributed by atoms with Gasteiger partial charge in [0.2, 0.25) is 0 Å². The molecule has 2 rings (SSSR count). The van der Waals surface area contributed by atoms with Crippen LogP contribution in [0.4, 0.5) is 0 Å². The number of aryl methyl sites for hydroxylation is 1. The molecule has 0 aliphatic rings. The third-order valence-corrected chi connectivity index (χ3v) is 4.49. The van der Waals surface area contributed by atoms with Gasteiger partial charge in [-0.3, -0.25) is 0 Å². The monoisotopic (exact) mass is 383 g/mol. The third-order valence-electron chi connectivity index (χ3n) is 3.51. The second-order valence-electron chi connectivity index (χ2n) is 5.52. The van der Waals surface area contributed by atoms with Gasteiger partial charge in [-0.05, 0) is 42.8 Å². The Kier molecular flexibility index (Phi) is 8.27. The number of benzene rings is 2. The summed E-state index contributed by atoms with van der Waals surface area (Å²) in [7, 11) is 1.52. The first-order chi connectivity index (χ1) is 13.1. The Hall–Kier alpha value is -2.91. The lowest BCUT2D eigenvalue weighted by atomic mass is 10.2. The number of carbonyl (C=O) groups is 1. The summed E-state index contributed by atoms with van der Waals surface area (Å²) in [5.74, 6) is 1.27. The molecular weight excluding hydrogens is 362 g/mol. The zero-order valence-electron chi connectivity index (χ0n) is 15.3. The van der Waals surface area contributed by atoms with Crippen LogP contribution in [0.5, 0.6) is 11.5 Å². The summed E-state index contributed by atoms with van der Waals surface area (Å²) >= 11 is 1.64. The lowest BCUT2D eigenvalue weighted by Gasteiger charge is -2.08. The summed E-state index contributed by atoms with van der Waals surface area (Å²) in [4.78, 5) is 13.0. The van der Waals surface area contributed by atoms with Gasteiger partial charge in [-0.1, -0.05) is 23.8 Å². The van der Waals surface area contributed by atoms with Gasteiger partial charge in [0.05, 0.1) is 7.11 Å². The highest BCUT2D eigenvalue weighted by Crippen LogP contribution is 2.28. The molecule has 2 aromatic carbocycles. The molecule has 0 aliphatic heterocycles. The number of esters is 1. The van der Waals surface area contributed by atoms with Crippen molar-refractivity contribution in [1.82, 2.24) is 0 Å². The zero-order valence-corrected chi connectivity index (χ0v) is 16.1. The van der Waals surface area contributed by atoms with Crippen LogP contribution in [0.2, 0.25) is 0 Å². The molecule has 5 nitrogen and oxygen atoms in total. The maximum Gasteiger partial charge on any atom is 0.330 e. The van der Waals surface area contributed by atoms with Gasteiger partial charge in [-0.15, -0.1) is 11.8 Å². The molecule has 140 valence electrons. The van der Waals surface area contributed by atoms with E-state index in [0.717, 1.165) is 10.5 Å². The Morgan fingerprint density at radius 3 is 2.67 bits per heavy atom. The average Bonchev–Trinajstić information content (AvgIpc) is 2.69. The summed E-state index contributed by atoms with van der Waals surface area (Å²) in [6.45, 7) is 2.33. The fourth-order valence-electron chi connectivity index (χ4n) is 2.17. The van der Waals surface area contributed by atoms with Crippen molar-refractivity contribution in [3.05, 3.63) is 59.7 Å².